The van der Waals surface area contributed by atoms with Crippen LogP contribution in [0, 0.1) is 5.92 Å². The Hall–Kier alpha value is -1.06. The van der Waals surface area contributed by atoms with E-state index in [0.29, 0.717) is 19.1 Å². The number of ether oxygens (including phenoxy) is 2. The van der Waals surface area contributed by atoms with Crippen molar-refractivity contribution in [3.63, 3.8) is 0 Å². The number of rotatable bonds is 8. The highest BCUT2D eigenvalue weighted by molar-refractivity contribution is 5.28. The van der Waals surface area contributed by atoms with Gasteiger partial charge in [0, 0.05) is 6.61 Å². The van der Waals surface area contributed by atoms with Gasteiger partial charge >= 0.3 is 0 Å². The zero-order valence-corrected chi connectivity index (χ0v) is 11.6. The normalized spacial score (nSPS) is 12.7. The Morgan fingerprint density at radius 1 is 1.11 bits per heavy atom. The molecule has 1 rings (SSSR count). The first-order valence-corrected chi connectivity index (χ1v) is 6.62. The van der Waals surface area contributed by atoms with Crippen LogP contribution in [0.3, 0.4) is 0 Å². The van der Waals surface area contributed by atoms with E-state index >= 15 is 0 Å². The predicted molar refractivity (Wildman–Crippen MR) is 72.8 cm³/mol. The summed E-state index contributed by atoms with van der Waals surface area (Å²) < 4.78 is 11.0. The second kappa shape index (κ2) is 8.11. The van der Waals surface area contributed by atoms with E-state index in [1.807, 2.05) is 31.2 Å². The van der Waals surface area contributed by atoms with Crippen molar-refractivity contribution in [2.45, 2.75) is 33.3 Å². The molecule has 0 saturated carbocycles. The van der Waals surface area contributed by atoms with Crippen LogP contribution in [-0.4, -0.2) is 24.9 Å². The van der Waals surface area contributed by atoms with Crippen LogP contribution in [0.4, 0.5) is 0 Å². The summed E-state index contributed by atoms with van der Waals surface area (Å²) in [4.78, 5) is 0. The average Bonchev–Trinajstić information content (AvgIpc) is 2.38. The molecule has 0 fully saturated rings. The fraction of sp³-hybridized carbons (Fsp3) is 0.600. The highest BCUT2D eigenvalue weighted by Gasteiger charge is 2.04. The number of hydrogen-bond donors (Lipinski definition) is 1. The molecule has 0 saturated heterocycles. The van der Waals surface area contributed by atoms with E-state index in [9.17, 15) is 5.11 Å². The summed E-state index contributed by atoms with van der Waals surface area (Å²) in [6, 6.07) is 7.57. The number of aliphatic hydroxyl groups is 1. The van der Waals surface area contributed by atoms with Crippen LogP contribution in [0.15, 0.2) is 24.3 Å². The van der Waals surface area contributed by atoms with Gasteiger partial charge in [-0.2, -0.15) is 0 Å². The molecule has 0 bridgehead atoms. The Morgan fingerprint density at radius 2 is 1.78 bits per heavy atom. The fourth-order valence-corrected chi connectivity index (χ4v) is 1.56. The molecule has 0 amide bonds. The Bertz CT molecular complexity index is 319. The third kappa shape index (κ3) is 5.52. The third-order valence-corrected chi connectivity index (χ3v) is 2.60. The van der Waals surface area contributed by atoms with E-state index in [2.05, 4.69) is 13.8 Å². The van der Waals surface area contributed by atoms with Gasteiger partial charge < -0.3 is 14.6 Å². The molecule has 0 radical (unpaired) electrons. The summed E-state index contributed by atoms with van der Waals surface area (Å²) >= 11 is 0. The standard InChI is InChI=1S/C15H24O3/c1-4-15(16)13-5-7-14(8-6-13)18-10-9-17-11-12(2)3/h5-8,12,15-16H,4,9-11H2,1-3H3/t15-/m1/s1. The Balaban J connectivity index is 2.27. The second-order valence-corrected chi connectivity index (χ2v) is 4.81. The molecule has 0 spiro atoms. The van der Waals surface area contributed by atoms with E-state index in [-0.39, 0.29) is 6.10 Å². The SMILES string of the molecule is CC[C@@H](O)c1ccc(OCCOCC(C)C)cc1. The monoisotopic (exact) mass is 252 g/mol. The quantitative estimate of drug-likeness (QED) is 0.722. The molecule has 1 aromatic rings. The smallest absolute Gasteiger partial charge is 0.119 e. The largest absolute Gasteiger partial charge is 0.491 e. The van der Waals surface area contributed by atoms with Crippen LogP contribution in [-0.2, 0) is 4.74 Å². The van der Waals surface area contributed by atoms with E-state index in [0.717, 1.165) is 24.3 Å². The lowest BCUT2D eigenvalue weighted by Crippen LogP contribution is -2.10. The van der Waals surface area contributed by atoms with E-state index < -0.39 is 0 Å². The van der Waals surface area contributed by atoms with Gasteiger partial charge in [0.1, 0.15) is 12.4 Å². The molecule has 0 heterocycles. The lowest BCUT2D eigenvalue weighted by atomic mass is 10.1. The zero-order valence-electron chi connectivity index (χ0n) is 11.6. The molecule has 3 heteroatoms. The predicted octanol–water partition coefficient (Wildman–Crippen LogP) is 3.18. The van der Waals surface area contributed by atoms with Gasteiger partial charge in [0.25, 0.3) is 0 Å². The minimum Gasteiger partial charge on any atom is -0.491 e. The highest BCUT2D eigenvalue weighted by Crippen LogP contribution is 2.19. The molecular formula is C15H24O3. The van der Waals surface area contributed by atoms with Crippen molar-refractivity contribution in [1.82, 2.24) is 0 Å². The molecule has 3 nitrogen and oxygen atoms in total. The number of aliphatic hydroxyl groups excluding tert-OH is 1. The van der Waals surface area contributed by atoms with E-state index in [4.69, 9.17) is 9.47 Å². The maximum Gasteiger partial charge on any atom is 0.119 e. The topological polar surface area (TPSA) is 38.7 Å². The van der Waals surface area contributed by atoms with Gasteiger partial charge in [-0.1, -0.05) is 32.9 Å². The van der Waals surface area contributed by atoms with E-state index in [1.54, 1.807) is 0 Å². The molecule has 1 N–H and O–H groups in total. The minimum absolute atomic E-state index is 0.381. The van der Waals surface area contributed by atoms with Crippen LogP contribution in [0.5, 0.6) is 5.75 Å². The summed E-state index contributed by atoms with van der Waals surface area (Å²) in [5.41, 5.74) is 0.931. The van der Waals surface area contributed by atoms with Crippen LogP contribution >= 0.6 is 0 Å². The molecule has 18 heavy (non-hydrogen) atoms. The van der Waals surface area contributed by atoms with Crippen LogP contribution in [0.25, 0.3) is 0 Å². The van der Waals surface area contributed by atoms with Gasteiger partial charge in [0.05, 0.1) is 12.7 Å². The van der Waals surface area contributed by atoms with Gasteiger partial charge in [-0.3, -0.25) is 0 Å². The summed E-state index contributed by atoms with van der Waals surface area (Å²) in [7, 11) is 0. The van der Waals surface area contributed by atoms with E-state index in [1.165, 1.54) is 0 Å². The Kier molecular flexibility index (Phi) is 6.76. The zero-order chi connectivity index (χ0) is 13.4. The van der Waals surface area contributed by atoms with Crippen LogP contribution in [0.2, 0.25) is 0 Å². The minimum atomic E-state index is -0.381. The maximum absolute atomic E-state index is 9.66. The van der Waals surface area contributed by atoms with Gasteiger partial charge in [-0.15, -0.1) is 0 Å². The fourth-order valence-electron chi connectivity index (χ4n) is 1.56. The van der Waals surface area contributed by atoms with Crippen molar-refractivity contribution < 1.29 is 14.6 Å². The first-order chi connectivity index (χ1) is 8.63. The van der Waals surface area contributed by atoms with Gasteiger partial charge in [-0.25, -0.2) is 0 Å². The molecule has 0 aliphatic rings. The van der Waals surface area contributed by atoms with Gasteiger partial charge in [-0.05, 0) is 30.0 Å². The van der Waals surface area contributed by atoms with Crippen molar-refractivity contribution in [2.75, 3.05) is 19.8 Å². The lowest BCUT2D eigenvalue weighted by Gasteiger charge is -2.11. The van der Waals surface area contributed by atoms with Crippen molar-refractivity contribution in [3.05, 3.63) is 29.8 Å². The van der Waals surface area contributed by atoms with Crippen molar-refractivity contribution in [1.29, 1.82) is 0 Å². The van der Waals surface area contributed by atoms with Crippen LogP contribution < -0.4 is 4.74 Å². The number of benzene rings is 1. The van der Waals surface area contributed by atoms with Crippen molar-refractivity contribution in [3.8, 4) is 5.75 Å². The summed E-state index contributed by atoms with van der Waals surface area (Å²) in [5.74, 6) is 1.37. The summed E-state index contributed by atoms with van der Waals surface area (Å²) in [6.45, 7) is 8.14. The molecule has 0 aromatic heterocycles. The first-order valence-electron chi connectivity index (χ1n) is 6.62. The van der Waals surface area contributed by atoms with Gasteiger partial charge in [0.2, 0.25) is 0 Å². The molecular weight excluding hydrogens is 228 g/mol. The van der Waals surface area contributed by atoms with Crippen molar-refractivity contribution >= 4 is 0 Å². The maximum atomic E-state index is 9.66. The van der Waals surface area contributed by atoms with Crippen LogP contribution in [0.1, 0.15) is 38.9 Å². The molecule has 0 aliphatic carbocycles. The Labute approximate surface area is 110 Å². The third-order valence-electron chi connectivity index (χ3n) is 2.60. The second-order valence-electron chi connectivity index (χ2n) is 4.81. The summed E-state index contributed by atoms with van der Waals surface area (Å²) in [6.07, 6.45) is 0.344. The molecule has 102 valence electrons. The molecule has 1 atom stereocenters. The molecule has 0 unspecified atom stereocenters. The van der Waals surface area contributed by atoms with Gasteiger partial charge in [0.15, 0.2) is 0 Å². The number of hydrogen-bond acceptors (Lipinski definition) is 3. The summed E-state index contributed by atoms with van der Waals surface area (Å²) in [5, 5.41) is 9.66. The highest BCUT2D eigenvalue weighted by atomic mass is 16.5. The Morgan fingerprint density at radius 3 is 2.33 bits per heavy atom. The molecule has 0 aliphatic heterocycles. The first kappa shape index (κ1) is 15.0. The average molecular weight is 252 g/mol. The lowest BCUT2D eigenvalue weighted by molar-refractivity contribution is 0.0818. The van der Waals surface area contributed by atoms with Crippen molar-refractivity contribution in [2.24, 2.45) is 5.92 Å². The molecule has 1 aromatic carbocycles.